The van der Waals surface area contributed by atoms with Crippen molar-refractivity contribution in [2.45, 2.75) is 76.7 Å². The van der Waals surface area contributed by atoms with E-state index < -0.39 is 6.09 Å². The highest BCUT2D eigenvalue weighted by Gasteiger charge is 2.30. The number of aromatic nitrogens is 1. The van der Waals surface area contributed by atoms with Crippen LogP contribution in [0, 0.1) is 0 Å². The van der Waals surface area contributed by atoms with Crippen LogP contribution < -0.4 is 15.4 Å². The van der Waals surface area contributed by atoms with Gasteiger partial charge >= 0.3 is 6.09 Å². The molecule has 7 nitrogen and oxygen atoms in total. The third-order valence-corrected chi connectivity index (χ3v) is 7.62. The van der Waals surface area contributed by atoms with E-state index in [4.69, 9.17) is 25.8 Å². The lowest BCUT2D eigenvalue weighted by molar-refractivity contribution is 0.0256. The fourth-order valence-corrected chi connectivity index (χ4v) is 5.52. The fourth-order valence-electron chi connectivity index (χ4n) is 5.26. The van der Waals surface area contributed by atoms with Gasteiger partial charge in [0.05, 0.1) is 42.3 Å². The Kier molecular flexibility index (Phi) is 7.49. The minimum Gasteiger partial charge on any atom is -0.490 e. The molecule has 1 aromatic heterocycles. The zero-order chi connectivity index (χ0) is 25.2. The Balaban J connectivity index is 1.49. The summed E-state index contributed by atoms with van der Waals surface area (Å²) in [6.07, 6.45) is 9.69. The predicted molar refractivity (Wildman–Crippen MR) is 144 cm³/mol. The Morgan fingerprint density at radius 3 is 2.61 bits per heavy atom. The Bertz CT molecular complexity index is 1180. The van der Waals surface area contributed by atoms with Crippen LogP contribution in [0.25, 0.3) is 16.5 Å². The van der Waals surface area contributed by atoms with Crippen molar-refractivity contribution in [2.24, 2.45) is 0 Å². The molecule has 1 aliphatic heterocycles. The summed E-state index contributed by atoms with van der Waals surface area (Å²) in [4.78, 5) is 12.1. The van der Waals surface area contributed by atoms with E-state index >= 15 is 0 Å². The molecule has 0 bridgehead atoms. The molecule has 1 saturated heterocycles. The number of ether oxygens (including phenoxy) is 3. The van der Waals surface area contributed by atoms with Gasteiger partial charge in [0.15, 0.2) is 0 Å². The van der Waals surface area contributed by atoms with Crippen molar-refractivity contribution in [3.63, 3.8) is 0 Å². The van der Waals surface area contributed by atoms with Gasteiger partial charge in [-0.1, -0.05) is 17.7 Å². The molecular formula is C28H36ClN3O4. The molecule has 1 amide bonds. The molecule has 5 rings (SSSR count). The smallest absolute Gasteiger partial charge is 0.407 e. The summed E-state index contributed by atoms with van der Waals surface area (Å²) in [5.74, 6) is 0.904. The van der Waals surface area contributed by atoms with Crippen LogP contribution in [0.5, 0.6) is 5.75 Å². The minimum atomic E-state index is -0.449. The Labute approximate surface area is 217 Å². The van der Waals surface area contributed by atoms with E-state index in [9.17, 15) is 4.79 Å². The molecule has 1 aromatic carbocycles. The van der Waals surface area contributed by atoms with Crippen molar-refractivity contribution in [1.82, 2.24) is 9.88 Å². The quantitative estimate of drug-likeness (QED) is 0.449. The van der Waals surface area contributed by atoms with E-state index in [1.165, 1.54) is 17.3 Å². The standard InChI is InChI=1S/C28H36ClN3O4/c1-17(2)35-28(33)31-24-10-7-18(15-23(24)29)27-26(30-3)22-9-8-21(36-20-11-13-34-14-12-20)16-25(22)32(27)19-5-4-6-19/h7-9,15-17,19-20,24,30H,4-6,10-14H2,1-3H3,(H,31,33). The van der Waals surface area contributed by atoms with E-state index in [0.29, 0.717) is 17.5 Å². The normalized spacial score (nSPS) is 21.1. The summed E-state index contributed by atoms with van der Waals surface area (Å²) in [6.45, 7) is 5.17. The molecule has 36 heavy (non-hydrogen) atoms. The number of hydrogen-bond acceptors (Lipinski definition) is 5. The van der Waals surface area contributed by atoms with Crippen LogP contribution in [0.1, 0.15) is 64.1 Å². The van der Waals surface area contributed by atoms with Crippen LogP contribution in [0.3, 0.4) is 0 Å². The van der Waals surface area contributed by atoms with Crippen molar-refractivity contribution in [1.29, 1.82) is 0 Å². The average molecular weight is 514 g/mol. The first-order valence-corrected chi connectivity index (χ1v) is 13.5. The number of fused-ring (bicyclic) bond motifs is 1. The van der Waals surface area contributed by atoms with Gasteiger partial charge in [0.25, 0.3) is 0 Å². The Hall–Kier alpha value is -2.64. The summed E-state index contributed by atoms with van der Waals surface area (Å²) in [5.41, 5.74) is 4.47. The third-order valence-electron chi connectivity index (χ3n) is 7.24. The Morgan fingerprint density at radius 2 is 1.97 bits per heavy atom. The summed E-state index contributed by atoms with van der Waals surface area (Å²) >= 11 is 6.71. The molecule has 2 aromatic rings. The molecular weight excluding hydrogens is 478 g/mol. The molecule has 3 aliphatic rings. The van der Waals surface area contributed by atoms with Crippen molar-refractivity contribution in [3.8, 4) is 5.75 Å². The van der Waals surface area contributed by atoms with Gasteiger partial charge in [0.1, 0.15) is 11.9 Å². The van der Waals surface area contributed by atoms with E-state index in [0.717, 1.165) is 61.6 Å². The van der Waals surface area contributed by atoms with Crippen LogP contribution >= 0.6 is 11.6 Å². The number of carbonyl (C=O) groups excluding carboxylic acids is 1. The van der Waals surface area contributed by atoms with Crippen LogP contribution in [0.2, 0.25) is 0 Å². The lowest BCUT2D eigenvalue weighted by Crippen LogP contribution is -2.37. The molecule has 0 spiro atoms. The van der Waals surface area contributed by atoms with Gasteiger partial charge in [0.2, 0.25) is 0 Å². The highest BCUT2D eigenvalue weighted by atomic mass is 35.5. The van der Waals surface area contributed by atoms with Crippen LogP contribution in [0.4, 0.5) is 10.5 Å². The first-order valence-electron chi connectivity index (χ1n) is 13.1. The molecule has 1 unspecified atom stereocenters. The SMILES string of the molecule is CNc1c(C2=CCC(NC(=O)OC(C)C)C(Cl)=C2)n(C2CCC2)c2cc(OC3CCOCC3)ccc12. The van der Waals surface area contributed by atoms with Crippen molar-refractivity contribution in [3.05, 3.63) is 41.1 Å². The van der Waals surface area contributed by atoms with Gasteiger partial charge in [-0.2, -0.15) is 0 Å². The molecule has 1 atom stereocenters. The molecule has 2 N–H and O–H groups in total. The molecule has 194 valence electrons. The molecule has 2 aliphatic carbocycles. The summed E-state index contributed by atoms with van der Waals surface area (Å²) in [6, 6.07) is 6.57. The Morgan fingerprint density at radius 1 is 1.19 bits per heavy atom. The molecule has 2 heterocycles. The van der Waals surface area contributed by atoms with Gasteiger partial charge in [-0.3, -0.25) is 0 Å². The first-order chi connectivity index (χ1) is 17.4. The van der Waals surface area contributed by atoms with E-state index in [1.54, 1.807) is 0 Å². The minimum absolute atomic E-state index is 0.181. The van der Waals surface area contributed by atoms with Gasteiger partial charge in [0, 0.05) is 42.4 Å². The number of allylic oxidation sites excluding steroid dienone is 2. The van der Waals surface area contributed by atoms with Crippen LogP contribution in [0.15, 0.2) is 35.4 Å². The second-order valence-electron chi connectivity index (χ2n) is 10.1. The summed E-state index contributed by atoms with van der Waals surface area (Å²) in [7, 11) is 1.97. The largest absolute Gasteiger partial charge is 0.490 e. The number of benzene rings is 1. The van der Waals surface area contributed by atoms with Crippen LogP contribution in [-0.2, 0) is 9.47 Å². The number of halogens is 1. The van der Waals surface area contributed by atoms with Gasteiger partial charge in [-0.05, 0) is 63.3 Å². The zero-order valence-electron chi connectivity index (χ0n) is 21.3. The maximum atomic E-state index is 12.1. The molecule has 0 radical (unpaired) electrons. The van der Waals surface area contributed by atoms with Crippen LogP contribution in [-0.4, -0.2) is 49.2 Å². The maximum absolute atomic E-state index is 12.1. The average Bonchev–Trinajstić information content (AvgIpc) is 3.13. The fraction of sp³-hybridized carbons (Fsp3) is 0.536. The predicted octanol–water partition coefficient (Wildman–Crippen LogP) is 6.38. The number of nitrogens with zero attached hydrogens (tertiary/aromatic N) is 1. The lowest BCUT2D eigenvalue weighted by atomic mass is 9.91. The summed E-state index contributed by atoms with van der Waals surface area (Å²) < 4.78 is 19.6. The number of amides is 1. The highest BCUT2D eigenvalue weighted by Crippen LogP contribution is 2.45. The van der Waals surface area contributed by atoms with Crippen molar-refractivity contribution < 1.29 is 19.0 Å². The monoisotopic (exact) mass is 513 g/mol. The van der Waals surface area contributed by atoms with E-state index in [-0.39, 0.29) is 18.2 Å². The topological polar surface area (TPSA) is 73.8 Å². The second-order valence-corrected chi connectivity index (χ2v) is 10.5. The number of rotatable bonds is 7. The van der Waals surface area contributed by atoms with E-state index in [2.05, 4.69) is 39.5 Å². The number of nitrogens with one attached hydrogen (secondary N) is 2. The number of alkyl carbamates (subject to hydrolysis) is 1. The first kappa shape index (κ1) is 25.0. The van der Waals surface area contributed by atoms with Crippen molar-refractivity contribution >= 4 is 39.9 Å². The molecule has 2 fully saturated rings. The highest BCUT2D eigenvalue weighted by molar-refractivity contribution is 6.31. The van der Waals surface area contributed by atoms with E-state index in [1.807, 2.05) is 27.0 Å². The van der Waals surface area contributed by atoms with Gasteiger partial charge in [-0.25, -0.2) is 4.79 Å². The summed E-state index contributed by atoms with van der Waals surface area (Å²) in [5, 5.41) is 8.11. The zero-order valence-corrected chi connectivity index (χ0v) is 22.1. The number of carbonyl (C=O) groups is 1. The number of hydrogen-bond donors (Lipinski definition) is 2. The van der Waals surface area contributed by atoms with Crippen molar-refractivity contribution in [2.75, 3.05) is 25.6 Å². The molecule has 1 saturated carbocycles. The van der Waals surface area contributed by atoms with Gasteiger partial charge < -0.3 is 29.4 Å². The molecule has 8 heteroatoms. The van der Waals surface area contributed by atoms with Gasteiger partial charge in [-0.15, -0.1) is 0 Å². The maximum Gasteiger partial charge on any atom is 0.407 e. The number of anilines is 1. The second kappa shape index (κ2) is 10.8. The lowest BCUT2D eigenvalue weighted by Gasteiger charge is -2.31. The third kappa shape index (κ3) is 5.09.